The van der Waals surface area contributed by atoms with Gasteiger partial charge in [0.15, 0.2) is 21.6 Å². The minimum atomic E-state index is -1.04. The predicted molar refractivity (Wildman–Crippen MR) is 205 cm³/mol. The first kappa shape index (κ1) is 35.2. The monoisotopic (exact) mass is 733 g/mol. The van der Waals surface area contributed by atoms with Gasteiger partial charge in [-0.1, -0.05) is 91.5 Å². The van der Waals surface area contributed by atoms with Gasteiger partial charge in [-0.25, -0.2) is 4.98 Å². The van der Waals surface area contributed by atoms with Crippen LogP contribution in [0, 0.1) is 19.8 Å². The zero-order valence-electron chi connectivity index (χ0n) is 29.6. The number of thioether (sulfide) groups is 1. The summed E-state index contributed by atoms with van der Waals surface area (Å²) in [5.74, 6) is 0.101. The highest BCUT2D eigenvalue weighted by molar-refractivity contribution is 8.00. The fraction of sp³-hybridized carbons (Fsp3) is 0.275. The smallest absolute Gasteiger partial charge is 0.301 e. The van der Waals surface area contributed by atoms with Gasteiger partial charge in [0.25, 0.3) is 5.78 Å². The Balaban J connectivity index is 1.31. The number of amides is 1. The Morgan fingerprint density at radius 1 is 0.981 bits per heavy atom. The number of carbonyl (C=O) groups excluding carboxylic acids is 2. The summed E-state index contributed by atoms with van der Waals surface area (Å²) < 4.78 is 14.6. The average Bonchev–Trinajstić information content (AvgIpc) is 3.82. The molecule has 1 atom stereocenters. The van der Waals surface area contributed by atoms with E-state index in [1.54, 1.807) is 18.2 Å². The number of aryl methyl sites for hydroxylation is 2. The average molecular weight is 734 g/mol. The lowest BCUT2D eigenvalue weighted by molar-refractivity contribution is -0.132. The van der Waals surface area contributed by atoms with E-state index in [9.17, 15) is 14.7 Å². The summed E-state index contributed by atoms with van der Waals surface area (Å²) in [7, 11) is 0. The van der Waals surface area contributed by atoms with Crippen LogP contribution in [-0.2, 0) is 15.3 Å². The fourth-order valence-corrected chi connectivity index (χ4v) is 8.29. The van der Waals surface area contributed by atoms with Gasteiger partial charge in [-0.3, -0.25) is 14.5 Å². The number of ether oxygens (including phenoxy) is 2. The van der Waals surface area contributed by atoms with Crippen LogP contribution in [0.4, 0.5) is 5.13 Å². The number of imidazole rings is 1. The Kier molecular flexibility index (Phi) is 10.0. The van der Waals surface area contributed by atoms with Crippen molar-refractivity contribution >= 4 is 62.1 Å². The van der Waals surface area contributed by atoms with Gasteiger partial charge in [0.1, 0.15) is 11.3 Å². The van der Waals surface area contributed by atoms with E-state index < -0.39 is 17.7 Å². The molecular formula is C40H39N5O5S2. The molecule has 6 aromatic rings. The number of hydrogen-bond acceptors (Lipinski definition) is 10. The normalized spacial score (nSPS) is 15.7. The number of benzene rings is 3. The maximum Gasteiger partial charge on any atom is 0.301 e. The van der Waals surface area contributed by atoms with Gasteiger partial charge in [0, 0.05) is 11.9 Å². The van der Waals surface area contributed by atoms with E-state index in [0.29, 0.717) is 57.6 Å². The summed E-state index contributed by atoms with van der Waals surface area (Å²) in [6.07, 6.45) is 2.71. The number of nitrogens with zero attached hydrogens (tertiary/aromatic N) is 5. The summed E-state index contributed by atoms with van der Waals surface area (Å²) in [5, 5.41) is 23.4. The first-order valence-corrected chi connectivity index (χ1v) is 19.0. The van der Waals surface area contributed by atoms with Crippen LogP contribution >= 0.6 is 23.1 Å². The molecule has 1 unspecified atom stereocenters. The third-order valence-electron chi connectivity index (χ3n) is 9.12. The molecule has 0 saturated carbocycles. The van der Waals surface area contributed by atoms with Crippen molar-refractivity contribution < 1.29 is 24.2 Å². The molecule has 10 nitrogen and oxygen atoms in total. The maximum absolute atomic E-state index is 14.1. The second-order valence-electron chi connectivity index (χ2n) is 13.0. The van der Waals surface area contributed by atoms with E-state index in [4.69, 9.17) is 14.5 Å². The van der Waals surface area contributed by atoms with Crippen LogP contribution in [0.1, 0.15) is 61.3 Å². The Labute approximate surface area is 310 Å². The van der Waals surface area contributed by atoms with Gasteiger partial charge >= 0.3 is 5.91 Å². The van der Waals surface area contributed by atoms with Crippen LogP contribution in [0.2, 0.25) is 0 Å². The molecule has 1 aliphatic heterocycles. The zero-order chi connectivity index (χ0) is 36.5. The molecule has 0 spiro atoms. The number of pyridine rings is 1. The van der Waals surface area contributed by atoms with Crippen molar-refractivity contribution in [1.82, 2.24) is 19.6 Å². The molecule has 0 radical (unpaired) electrons. The molecule has 12 heteroatoms. The van der Waals surface area contributed by atoms with Crippen molar-refractivity contribution in [3.63, 3.8) is 0 Å². The number of aliphatic hydroxyl groups is 1. The number of rotatable bonds is 12. The summed E-state index contributed by atoms with van der Waals surface area (Å²) in [5.41, 5.74) is 4.00. The lowest BCUT2D eigenvalue weighted by Crippen LogP contribution is -2.29. The molecule has 1 fully saturated rings. The third-order valence-corrected chi connectivity index (χ3v) is 11.2. The van der Waals surface area contributed by atoms with E-state index in [1.165, 1.54) is 28.0 Å². The number of aromatic nitrogens is 4. The molecule has 3 aromatic carbocycles. The van der Waals surface area contributed by atoms with Crippen molar-refractivity contribution in [3.05, 3.63) is 113 Å². The number of fused-ring (bicyclic) bond motifs is 2. The van der Waals surface area contributed by atoms with E-state index in [0.717, 1.165) is 28.3 Å². The van der Waals surface area contributed by atoms with Crippen LogP contribution < -0.4 is 14.4 Å². The molecule has 3 aromatic heterocycles. The molecule has 4 heterocycles. The van der Waals surface area contributed by atoms with Crippen molar-refractivity contribution in [2.24, 2.45) is 5.92 Å². The third kappa shape index (κ3) is 6.64. The van der Waals surface area contributed by atoms with Gasteiger partial charge < -0.3 is 19.0 Å². The lowest BCUT2D eigenvalue weighted by Gasteiger charge is -2.23. The first-order valence-electron chi connectivity index (χ1n) is 17.2. The second-order valence-corrected chi connectivity index (χ2v) is 15.2. The van der Waals surface area contributed by atoms with Crippen LogP contribution in [0.3, 0.4) is 0 Å². The van der Waals surface area contributed by atoms with Crippen molar-refractivity contribution in [2.75, 3.05) is 18.1 Å². The van der Waals surface area contributed by atoms with Crippen molar-refractivity contribution in [3.8, 4) is 11.5 Å². The Morgan fingerprint density at radius 2 is 1.79 bits per heavy atom. The van der Waals surface area contributed by atoms with E-state index >= 15 is 0 Å². The highest BCUT2D eigenvalue weighted by Crippen LogP contribution is 2.46. The van der Waals surface area contributed by atoms with Crippen molar-refractivity contribution in [2.45, 2.75) is 57.2 Å². The highest BCUT2D eigenvalue weighted by Gasteiger charge is 2.49. The molecule has 1 saturated heterocycles. The van der Waals surface area contributed by atoms with E-state index in [-0.39, 0.29) is 22.2 Å². The standard InChI is InChI=1S/C40H39N5O5S2/c1-6-49-31-21-27(16-17-30(31)50-20-18-23(2)3)34-32(35(46)33-25(5)44-19-10-11-24(4)37(44)41-33)36(47)38(48)45(34)39-42-43-40(52-39)51-22-28-14-9-13-26-12-7-8-15-29(26)28/h7-17,19,21,23,34,46H,6,18,20,22H2,1-5H3. The number of anilines is 1. The van der Waals surface area contributed by atoms with Gasteiger partial charge in [-0.15, -0.1) is 10.2 Å². The zero-order valence-corrected chi connectivity index (χ0v) is 31.3. The van der Waals surface area contributed by atoms with E-state index in [1.807, 2.05) is 61.7 Å². The van der Waals surface area contributed by atoms with Gasteiger partial charge in [-0.05, 0) is 78.8 Å². The molecule has 1 amide bonds. The van der Waals surface area contributed by atoms with Crippen LogP contribution in [0.25, 0.3) is 22.2 Å². The number of aliphatic hydroxyl groups excluding tert-OH is 1. The lowest BCUT2D eigenvalue weighted by atomic mass is 9.96. The van der Waals surface area contributed by atoms with Gasteiger partial charge in [0.2, 0.25) is 5.13 Å². The Bertz CT molecular complexity index is 2340. The SMILES string of the molecule is CCOc1cc(C2C(=C(O)c3nc4c(C)cccn4c3C)C(=O)C(=O)N2c2nnc(SCc3cccc4ccccc34)s2)ccc1OCCC(C)C. The Morgan fingerprint density at radius 3 is 2.58 bits per heavy atom. The fourth-order valence-electron chi connectivity index (χ4n) is 6.42. The van der Waals surface area contributed by atoms with E-state index in [2.05, 4.69) is 48.3 Å². The molecule has 1 aliphatic rings. The summed E-state index contributed by atoms with van der Waals surface area (Å²) in [6, 6.07) is 22.5. The molecule has 0 aliphatic carbocycles. The van der Waals surface area contributed by atoms with Crippen LogP contribution in [0.15, 0.2) is 88.9 Å². The largest absolute Gasteiger partial charge is 0.505 e. The summed E-state index contributed by atoms with van der Waals surface area (Å²) >= 11 is 2.73. The number of carbonyl (C=O) groups is 2. The quantitative estimate of drug-likeness (QED) is 0.0433. The maximum atomic E-state index is 14.1. The van der Waals surface area contributed by atoms with Crippen LogP contribution in [0.5, 0.6) is 11.5 Å². The summed E-state index contributed by atoms with van der Waals surface area (Å²) in [6.45, 7) is 10.8. The van der Waals surface area contributed by atoms with Gasteiger partial charge in [0.05, 0.1) is 30.5 Å². The number of ketones is 1. The molecular weight excluding hydrogens is 695 g/mol. The molecule has 52 heavy (non-hydrogen) atoms. The molecule has 1 N–H and O–H groups in total. The molecule has 266 valence electrons. The molecule has 7 rings (SSSR count). The second kappa shape index (κ2) is 14.8. The first-order chi connectivity index (χ1) is 25.2. The Hall–Kier alpha value is -5.20. The van der Waals surface area contributed by atoms with Gasteiger partial charge in [-0.2, -0.15) is 0 Å². The summed E-state index contributed by atoms with van der Waals surface area (Å²) in [4.78, 5) is 34.2. The molecule has 0 bridgehead atoms. The van der Waals surface area contributed by atoms with Crippen molar-refractivity contribution in [1.29, 1.82) is 0 Å². The number of hydrogen-bond donors (Lipinski definition) is 1. The van der Waals surface area contributed by atoms with Crippen LogP contribution in [-0.4, -0.2) is 49.6 Å². The highest BCUT2D eigenvalue weighted by atomic mass is 32.2. The minimum absolute atomic E-state index is 0.0924. The predicted octanol–water partition coefficient (Wildman–Crippen LogP) is 8.70. The topological polar surface area (TPSA) is 119 Å². The minimum Gasteiger partial charge on any atom is -0.505 e. The number of Topliss-reactive ketones (excluding diaryl/α,β-unsaturated/α-hetero) is 1.